The molecule has 0 saturated carbocycles. The van der Waals surface area contributed by atoms with Gasteiger partial charge in [0.1, 0.15) is 23.9 Å². The number of benzene rings is 2. The van der Waals surface area contributed by atoms with Crippen molar-refractivity contribution in [2.24, 2.45) is 0 Å². The molecule has 32 heavy (non-hydrogen) atoms. The fraction of sp³-hybridized carbons (Fsp3) is 0.308. The van der Waals surface area contributed by atoms with Crippen LogP contribution in [0.15, 0.2) is 60.7 Å². The number of pyridine rings is 1. The van der Waals surface area contributed by atoms with E-state index in [-0.39, 0.29) is 6.61 Å². The molecular formula is C26H31NO5. The number of ether oxygens (including phenoxy) is 3. The molecule has 1 N–H and O–H groups in total. The van der Waals surface area contributed by atoms with Gasteiger partial charge in [-0.15, -0.1) is 0 Å². The van der Waals surface area contributed by atoms with E-state index in [2.05, 4.69) is 18.8 Å². The normalized spacial score (nSPS) is 10.0. The van der Waals surface area contributed by atoms with Crippen LogP contribution in [0.25, 0.3) is 11.3 Å². The first kappa shape index (κ1) is 24.7. The number of carboxylic acids is 1. The number of aromatic nitrogens is 1. The maximum atomic E-state index is 10.6. The molecule has 0 bridgehead atoms. The number of hydrogen-bond acceptors (Lipinski definition) is 5. The summed E-state index contributed by atoms with van der Waals surface area (Å²) in [5, 5.41) is 8.70. The first-order valence-electron chi connectivity index (χ1n) is 10.6. The van der Waals surface area contributed by atoms with E-state index in [1.165, 1.54) is 12.8 Å². The molecule has 3 aromatic rings. The first-order chi connectivity index (χ1) is 15.5. The van der Waals surface area contributed by atoms with Gasteiger partial charge in [-0.25, -0.2) is 9.78 Å². The highest BCUT2D eigenvalue weighted by Gasteiger charge is 2.06. The topological polar surface area (TPSA) is 77.9 Å². The third-order valence-corrected chi connectivity index (χ3v) is 4.58. The molecule has 6 heteroatoms. The molecule has 2 aromatic carbocycles. The van der Waals surface area contributed by atoms with Crippen molar-refractivity contribution >= 4 is 5.97 Å². The zero-order chi connectivity index (χ0) is 23.3. The predicted octanol–water partition coefficient (Wildman–Crippen LogP) is 5.91. The van der Waals surface area contributed by atoms with E-state index >= 15 is 0 Å². The maximum Gasteiger partial charge on any atom is 0.341 e. The van der Waals surface area contributed by atoms with E-state index in [1.54, 1.807) is 19.2 Å². The minimum absolute atomic E-state index is 0.318. The van der Waals surface area contributed by atoms with Gasteiger partial charge in [-0.2, -0.15) is 0 Å². The van der Waals surface area contributed by atoms with Gasteiger partial charge in [-0.1, -0.05) is 32.8 Å². The Bertz CT molecular complexity index is 984. The monoisotopic (exact) mass is 437 g/mol. The summed E-state index contributed by atoms with van der Waals surface area (Å²) in [5.74, 6) is 0.975. The highest BCUT2D eigenvalue weighted by Crippen LogP contribution is 2.25. The van der Waals surface area contributed by atoms with Gasteiger partial charge < -0.3 is 19.3 Å². The second kappa shape index (κ2) is 13.0. The SMILES string of the molecule is CCCC.COc1ccc(-c2cccc(COc3ccc(OCC(=O)O)c(C)c3)n2)cc1. The zero-order valence-corrected chi connectivity index (χ0v) is 19.1. The lowest BCUT2D eigenvalue weighted by Crippen LogP contribution is -2.10. The van der Waals surface area contributed by atoms with Crippen molar-refractivity contribution in [2.45, 2.75) is 40.2 Å². The summed E-state index contributed by atoms with van der Waals surface area (Å²) in [6.45, 7) is 6.15. The Balaban J connectivity index is 0.000000837. The van der Waals surface area contributed by atoms with Gasteiger partial charge in [0.15, 0.2) is 6.61 Å². The van der Waals surface area contributed by atoms with Crippen molar-refractivity contribution in [2.75, 3.05) is 13.7 Å². The van der Waals surface area contributed by atoms with Crippen molar-refractivity contribution in [3.8, 4) is 28.5 Å². The summed E-state index contributed by atoms with van der Waals surface area (Å²) in [6, 6.07) is 18.8. The summed E-state index contributed by atoms with van der Waals surface area (Å²) in [5.41, 5.74) is 3.46. The summed E-state index contributed by atoms with van der Waals surface area (Å²) < 4.78 is 16.2. The molecule has 0 spiro atoms. The number of rotatable bonds is 9. The molecular weight excluding hydrogens is 406 g/mol. The average molecular weight is 438 g/mol. The molecule has 0 fully saturated rings. The standard InChI is InChI=1S/C22H21NO5.C4H10/c1-15-12-19(10-11-21(15)28-14-22(24)25)27-13-17-4-3-5-20(23-17)16-6-8-18(26-2)9-7-16;1-3-4-2/h3-12H,13-14H2,1-2H3,(H,24,25);3-4H2,1-2H3. The van der Waals surface area contributed by atoms with E-state index in [0.29, 0.717) is 18.1 Å². The number of nitrogens with zero attached hydrogens (tertiary/aromatic N) is 1. The van der Waals surface area contributed by atoms with Crippen molar-refractivity contribution in [1.82, 2.24) is 4.98 Å². The number of aliphatic carboxylic acids is 1. The second-order valence-corrected chi connectivity index (χ2v) is 7.14. The molecule has 0 unspecified atom stereocenters. The Morgan fingerprint density at radius 2 is 1.62 bits per heavy atom. The van der Waals surface area contributed by atoms with Crippen LogP contribution in [0.2, 0.25) is 0 Å². The summed E-state index contributed by atoms with van der Waals surface area (Å²) in [6.07, 6.45) is 2.64. The van der Waals surface area contributed by atoms with E-state index in [9.17, 15) is 4.79 Å². The minimum atomic E-state index is -1.01. The molecule has 6 nitrogen and oxygen atoms in total. The van der Waals surface area contributed by atoms with Crippen molar-refractivity contribution < 1.29 is 24.1 Å². The fourth-order valence-electron chi connectivity index (χ4n) is 2.65. The average Bonchev–Trinajstić information content (AvgIpc) is 2.82. The molecule has 1 aromatic heterocycles. The number of aryl methyl sites for hydroxylation is 1. The van der Waals surface area contributed by atoms with Crippen LogP contribution in [0, 0.1) is 6.92 Å². The van der Waals surface area contributed by atoms with Crippen LogP contribution >= 0.6 is 0 Å². The molecule has 1 heterocycles. The lowest BCUT2D eigenvalue weighted by molar-refractivity contribution is -0.139. The summed E-state index contributed by atoms with van der Waals surface area (Å²) in [4.78, 5) is 15.3. The molecule has 3 rings (SSSR count). The van der Waals surface area contributed by atoms with E-state index in [4.69, 9.17) is 19.3 Å². The van der Waals surface area contributed by atoms with Crippen LogP contribution in [0.4, 0.5) is 0 Å². The molecule has 0 saturated heterocycles. The minimum Gasteiger partial charge on any atom is -0.497 e. The molecule has 0 amide bonds. The second-order valence-electron chi connectivity index (χ2n) is 7.14. The third kappa shape index (κ3) is 7.95. The van der Waals surface area contributed by atoms with Gasteiger partial charge in [-0.3, -0.25) is 0 Å². The van der Waals surface area contributed by atoms with Gasteiger partial charge in [0.25, 0.3) is 0 Å². The van der Waals surface area contributed by atoms with Crippen molar-refractivity contribution in [3.05, 3.63) is 71.9 Å². The fourth-order valence-corrected chi connectivity index (χ4v) is 2.65. The third-order valence-electron chi connectivity index (χ3n) is 4.58. The molecule has 0 radical (unpaired) electrons. The number of methoxy groups -OCH3 is 1. The number of carboxylic acid groups (broad SMARTS) is 1. The summed E-state index contributed by atoms with van der Waals surface area (Å²) >= 11 is 0. The maximum absolute atomic E-state index is 10.6. The smallest absolute Gasteiger partial charge is 0.341 e. The first-order valence-corrected chi connectivity index (χ1v) is 10.6. The highest BCUT2D eigenvalue weighted by atomic mass is 16.5. The van der Waals surface area contributed by atoms with Crippen LogP contribution < -0.4 is 14.2 Å². The van der Waals surface area contributed by atoms with E-state index in [1.807, 2.05) is 55.5 Å². The predicted molar refractivity (Wildman–Crippen MR) is 125 cm³/mol. The van der Waals surface area contributed by atoms with Gasteiger partial charge in [0, 0.05) is 5.56 Å². The zero-order valence-electron chi connectivity index (χ0n) is 19.1. The Morgan fingerprint density at radius 1 is 0.938 bits per heavy atom. The van der Waals surface area contributed by atoms with Crippen LogP contribution in [0.1, 0.15) is 37.9 Å². The van der Waals surface area contributed by atoms with E-state index in [0.717, 1.165) is 28.3 Å². The Hall–Kier alpha value is -3.54. The Morgan fingerprint density at radius 3 is 2.22 bits per heavy atom. The van der Waals surface area contributed by atoms with Gasteiger partial charge in [0.05, 0.1) is 18.5 Å². The van der Waals surface area contributed by atoms with E-state index < -0.39 is 5.97 Å². The molecule has 170 valence electrons. The molecule has 0 aliphatic rings. The number of hydrogen-bond donors (Lipinski definition) is 1. The Labute approximate surface area is 189 Å². The van der Waals surface area contributed by atoms with Crippen LogP contribution in [0.5, 0.6) is 17.2 Å². The lowest BCUT2D eigenvalue weighted by atomic mass is 10.1. The lowest BCUT2D eigenvalue weighted by Gasteiger charge is -2.11. The number of unbranched alkanes of at least 4 members (excludes halogenated alkanes) is 1. The largest absolute Gasteiger partial charge is 0.497 e. The van der Waals surface area contributed by atoms with Gasteiger partial charge >= 0.3 is 5.97 Å². The molecule has 0 aliphatic carbocycles. The van der Waals surface area contributed by atoms with Crippen LogP contribution in [-0.4, -0.2) is 29.8 Å². The molecule has 0 atom stereocenters. The van der Waals surface area contributed by atoms with Crippen molar-refractivity contribution in [3.63, 3.8) is 0 Å². The molecule has 0 aliphatic heterocycles. The highest BCUT2D eigenvalue weighted by molar-refractivity contribution is 5.68. The quantitative estimate of drug-likeness (QED) is 0.448. The van der Waals surface area contributed by atoms with Gasteiger partial charge in [-0.05, 0) is 67.1 Å². The number of carbonyl (C=O) groups is 1. The van der Waals surface area contributed by atoms with Crippen molar-refractivity contribution in [1.29, 1.82) is 0 Å². The van der Waals surface area contributed by atoms with Crippen LogP contribution in [-0.2, 0) is 11.4 Å². The summed E-state index contributed by atoms with van der Waals surface area (Å²) in [7, 11) is 1.64. The van der Waals surface area contributed by atoms with Crippen LogP contribution in [0.3, 0.4) is 0 Å². The Kier molecular flexibility index (Phi) is 10.0. The van der Waals surface area contributed by atoms with Gasteiger partial charge in [0.2, 0.25) is 0 Å².